The zero-order valence-corrected chi connectivity index (χ0v) is 15.2. The van der Waals surface area contributed by atoms with E-state index in [4.69, 9.17) is 4.74 Å². The monoisotopic (exact) mass is 350 g/mol. The fraction of sp³-hybridized carbons (Fsp3) is 0.250. The van der Waals surface area contributed by atoms with Gasteiger partial charge in [-0.3, -0.25) is 4.79 Å². The predicted octanol–water partition coefficient (Wildman–Crippen LogP) is 3.04. The van der Waals surface area contributed by atoms with Crippen molar-refractivity contribution in [3.63, 3.8) is 0 Å². The van der Waals surface area contributed by atoms with Crippen molar-refractivity contribution in [3.8, 4) is 11.4 Å². The van der Waals surface area contributed by atoms with Crippen LogP contribution in [0.4, 0.5) is 0 Å². The maximum Gasteiger partial charge on any atom is 0.227 e. The number of likely N-dealkylation sites (N-methyl/N-ethyl adjacent to an activating group) is 1. The lowest BCUT2D eigenvalue weighted by atomic mass is 10.1. The Morgan fingerprint density at radius 3 is 2.42 bits per heavy atom. The van der Waals surface area contributed by atoms with Crippen molar-refractivity contribution in [2.45, 2.75) is 19.4 Å². The highest BCUT2D eigenvalue weighted by Crippen LogP contribution is 2.21. The van der Waals surface area contributed by atoms with E-state index in [1.807, 2.05) is 62.5 Å². The maximum atomic E-state index is 12.6. The second-order valence-corrected chi connectivity index (χ2v) is 6.14. The smallest absolute Gasteiger partial charge is 0.227 e. The first-order valence-corrected chi connectivity index (χ1v) is 8.42. The molecule has 1 amide bonds. The van der Waals surface area contributed by atoms with Crippen LogP contribution < -0.4 is 4.74 Å². The minimum atomic E-state index is -0.0226. The zero-order chi connectivity index (χ0) is 18.5. The maximum absolute atomic E-state index is 12.6. The molecule has 0 unspecified atom stereocenters. The highest BCUT2D eigenvalue weighted by Gasteiger charge is 2.17. The van der Waals surface area contributed by atoms with Crippen molar-refractivity contribution in [1.29, 1.82) is 0 Å². The van der Waals surface area contributed by atoms with E-state index >= 15 is 0 Å². The molecular formula is C20H22N4O2. The number of benzene rings is 2. The predicted molar refractivity (Wildman–Crippen MR) is 99.2 cm³/mol. The number of ether oxygens (including phenoxy) is 1. The molecular weight excluding hydrogens is 328 g/mol. The largest absolute Gasteiger partial charge is 0.497 e. The molecule has 0 saturated carbocycles. The highest BCUT2D eigenvalue weighted by atomic mass is 16.5. The van der Waals surface area contributed by atoms with Crippen molar-refractivity contribution < 1.29 is 9.53 Å². The van der Waals surface area contributed by atoms with E-state index in [-0.39, 0.29) is 11.9 Å². The van der Waals surface area contributed by atoms with Crippen LogP contribution in [-0.4, -0.2) is 39.7 Å². The minimum Gasteiger partial charge on any atom is -0.497 e. The number of methoxy groups -OCH3 is 1. The molecule has 3 aromatic rings. The van der Waals surface area contributed by atoms with Gasteiger partial charge in [-0.05, 0) is 42.3 Å². The van der Waals surface area contributed by atoms with Gasteiger partial charge in [0.15, 0.2) is 0 Å². The summed E-state index contributed by atoms with van der Waals surface area (Å²) < 4.78 is 6.85. The Morgan fingerprint density at radius 2 is 1.85 bits per heavy atom. The molecule has 0 aliphatic carbocycles. The van der Waals surface area contributed by atoms with Crippen molar-refractivity contribution in [2.75, 3.05) is 14.2 Å². The van der Waals surface area contributed by atoms with E-state index in [0.717, 1.165) is 22.6 Å². The topological polar surface area (TPSA) is 60.2 Å². The summed E-state index contributed by atoms with van der Waals surface area (Å²) >= 11 is 0. The Hall–Kier alpha value is -3.15. The van der Waals surface area contributed by atoms with Crippen LogP contribution in [0, 0.1) is 0 Å². The molecule has 0 N–H and O–H groups in total. The van der Waals surface area contributed by atoms with Gasteiger partial charge in [-0.1, -0.05) is 24.3 Å². The summed E-state index contributed by atoms with van der Waals surface area (Å²) in [6.07, 6.45) is 3.52. The molecule has 3 rings (SSSR count). The number of amides is 1. The van der Waals surface area contributed by atoms with Crippen molar-refractivity contribution in [2.24, 2.45) is 0 Å². The quantitative estimate of drug-likeness (QED) is 0.686. The SMILES string of the molecule is COc1ccc(CC(=O)N(C)[C@H](C)c2ccc(-n3cncn3)cc2)cc1. The van der Waals surface area contributed by atoms with Crippen LogP contribution in [0.1, 0.15) is 24.1 Å². The van der Waals surface area contributed by atoms with Gasteiger partial charge in [0, 0.05) is 7.05 Å². The second-order valence-electron chi connectivity index (χ2n) is 6.14. The van der Waals surface area contributed by atoms with Crippen molar-refractivity contribution >= 4 is 5.91 Å². The van der Waals surface area contributed by atoms with Crippen LogP contribution in [0.3, 0.4) is 0 Å². The van der Waals surface area contributed by atoms with Crippen LogP contribution in [-0.2, 0) is 11.2 Å². The van der Waals surface area contributed by atoms with E-state index in [0.29, 0.717) is 6.42 Å². The molecule has 1 heterocycles. The Labute approximate surface area is 153 Å². The van der Waals surface area contributed by atoms with E-state index in [1.54, 1.807) is 23.0 Å². The average molecular weight is 350 g/mol. The summed E-state index contributed by atoms with van der Waals surface area (Å²) in [5, 5.41) is 4.12. The lowest BCUT2D eigenvalue weighted by Crippen LogP contribution is -2.30. The third kappa shape index (κ3) is 3.91. The molecule has 0 fully saturated rings. The molecule has 0 aliphatic rings. The molecule has 6 nitrogen and oxygen atoms in total. The van der Waals surface area contributed by atoms with Crippen molar-refractivity contribution in [1.82, 2.24) is 19.7 Å². The van der Waals surface area contributed by atoms with Crippen LogP contribution >= 0.6 is 0 Å². The summed E-state index contributed by atoms with van der Waals surface area (Å²) in [7, 11) is 3.46. The molecule has 0 bridgehead atoms. The van der Waals surface area contributed by atoms with Gasteiger partial charge in [0.05, 0.1) is 25.3 Å². The Bertz CT molecular complexity index is 843. The van der Waals surface area contributed by atoms with E-state index in [2.05, 4.69) is 10.1 Å². The molecule has 0 saturated heterocycles. The molecule has 0 aliphatic heterocycles. The van der Waals surface area contributed by atoms with Gasteiger partial charge in [0.1, 0.15) is 18.4 Å². The summed E-state index contributed by atoms with van der Waals surface area (Å²) in [6, 6.07) is 15.5. The van der Waals surface area contributed by atoms with Gasteiger partial charge in [-0.2, -0.15) is 5.10 Å². The van der Waals surface area contributed by atoms with E-state index < -0.39 is 0 Å². The molecule has 2 aromatic carbocycles. The van der Waals surface area contributed by atoms with Gasteiger partial charge < -0.3 is 9.64 Å². The molecule has 6 heteroatoms. The fourth-order valence-electron chi connectivity index (χ4n) is 2.73. The normalized spacial score (nSPS) is 11.8. The minimum absolute atomic E-state index is 0.0226. The first-order valence-electron chi connectivity index (χ1n) is 8.42. The van der Waals surface area contributed by atoms with Crippen LogP contribution in [0.5, 0.6) is 5.75 Å². The van der Waals surface area contributed by atoms with Gasteiger partial charge in [-0.25, -0.2) is 9.67 Å². The number of carbonyl (C=O) groups excluding carboxylic acids is 1. The molecule has 1 atom stereocenters. The zero-order valence-electron chi connectivity index (χ0n) is 15.2. The number of hydrogen-bond donors (Lipinski definition) is 0. The highest BCUT2D eigenvalue weighted by molar-refractivity contribution is 5.79. The Balaban J connectivity index is 1.66. The lowest BCUT2D eigenvalue weighted by Gasteiger charge is -2.25. The standard InChI is InChI=1S/C20H22N4O2/c1-15(17-6-8-18(9-7-17)24-14-21-13-22-24)23(2)20(25)12-16-4-10-19(26-3)11-5-16/h4-11,13-15H,12H2,1-3H3/t15-/m1/s1. The summed E-state index contributed by atoms with van der Waals surface area (Å²) in [6.45, 7) is 2.02. The van der Waals surface area contributed by atoms with Crippen LogP contribution in [0.2, 0.25) is 0 Å². The van der Waals surface area contributed by atoms with Crippen LogP contribution in [0.25, 0.3) is 5.69 Å². The third-order valence-electron chi connectivity index (χ3n) is 4.55. The second kappa shape index (κ2) is 7.82. The first-order chi connectivity index (χ1) is 12.6. The Morgan fingerprint density at radius 1 is 1.15 bits per heavy atom. The van der Waals surface area contributed by atoms with Gasteiger partial charge in [0.2, 0.25) is 5.91 Å². The number of hydrogen-bond acceptors (Lipinski definition) is 4. The van der Waals surface area contributed by atoms with E-state index in [9.17, 15) is 4.79 Å². The molecule has 26 heavy (non-hydrogen) atoms. The molecule has 1 aromatic heterocycles. The number of aromatic nitrogens is 3. The first kappa shape index (κ1) is 17.7. The lowest BCUT2D eigenvalue weighted by molar-refractivity contribution is -0.131. The molecule has 0 radical (unpaired) electrons. The fourth-order valence-corrected chi connectivity index (χ4v) is 2.73. The number of carbonyl (C=O) groups is 1. The number of rotatable bonds is 6. The summed E-state index contributed by atoms with van der Waals surface area (Å²) in [5.41, 5.74) is 2.97. The Kier molecular flexibility index (Phi) is 5.31. The van der Waals surface area contributed by atoms with Crippen LogP contribution in [0.15, 0.2) is 61.2 Å². The average Bonchev–Trinajstić information content (AvgIpc) is 3.22. The summed E-state index contributed by atoms with van der Waals surface area (Å²) in [4.78, 5) is 18.3. The van der Waals surface area contributed by atoms with Crippen molar-refractivity contribution in [3.05, 3.63) is 72.3 Å². The van der Waals surface area contributed by atoms with Gasteiger partial charge >= 0.3 is 0 Å². The third-order valence-corrected chi connectivity index (χ3v) is 4.55. The molecule has 134 valence electrons. The number of nitrogens with zero attached hydrogens (tertiary/aromatic N) is 4. The van der Waals surface area contributed by atoms with Gasteiger partial charge in [-0.15, -0.1) is 0 Å². The van der Waals surface area contributed by atoms with Gasteiger partial charge in [0.25, 0.3) is 0 Å². The van der Waals surface area contributed by atoms with E-state index in [1.165, 1.54) is 6.33 Å². The summed E-state index contributed by atoms with van der Waals surface area (Å²) in [5.74, 6) is 0.860. The molecule has 0 spiro atoms.